The van der Waals surface area contributed by atoms with Crippen LogP contribution in [-0.2, 0) is 11.8 Å². The lowest BCUT2D eigenvalue weighted by Gasteiger charge is -2.12. The molecule has 1 heterocycles. The van der Waals surface area contributed by atoms with Gasteiger partial charge in [0.1, 0.15) is 5.69 Å². The number of carbonyl (C=O) groups excluding carboxylic acids is 2. The van der Waals surface area contributed by atoms with Crippen LogP contribution < -0.4 is 5.32 Å². The number of benzene rings is 2. The summed E-state index contributed by atoms with van der Waals surface area (Å²) in [6.45, 7) is 5.65. The van der Waals surface area contributed by atoms with Crippen LogP contribution in [-0.4, -0.2) is 23.1 Å². The molecular formula is C23H24N2O3. The average Bonchev–Trinajstić information content (AvgIpc) is 2.92. The quantitative estimate of drug-likeness (QED) is 0.655. The van der Waals surface area contributed by atoms with Gasteiger partial charge in [0.05, 0.1) is 12.2 Å². The third-order valence-corrected chi connectivity index (χ3v) is 4.89. The molecule has 3 aromatic rings. The van der Waals surface area contributed by atoms with E-state index in [9.17, 15) is 9.59 Å². The molecular weight excluding hydrogens is 352 g/mol. The molecule has 0 saturated heterocycles. The molecule has 0 aliphatic rings. The number of carbonyl (C=O) groups is 2. The number of rotatable bonds is 5. The molecule has 0 fully saturated rings. The van der Waals surface area contributed by atoms with E-state index in [1.54, 1.807) is 25.5 Å². The molecule has 0 unspecified atom stereocenters. The molecule has 0 aliphatic carbocycles. The molecule has 0 radical (unpaired) electrons. The lowest BCUT2D eigenvalue weighted by Crippen LogP contribution is -2.15. The summed E-state index contributed by atoms with van der Waals surface area (Å²) < 4.78 is 6.86. The van der Waals surface area contributed by atoms with Crippen LogP contribution in [0.5, 0.6) is 0 Å². The van der Waals surface area contributed by atoms with Crippen LogP contribution in [0.15, 0.2) is 54.6 Å². The van der Waals surface area contributed by atoms with Crippen molar-refractivity contribution in [2.24, 2.45) is 7.05 Å². The molecule has 0 saturated carbocycles. The zero-order chi connectivity index (χ0) is 20.3. The van der Waals surface area contributed by atoms with E-state index in [-0.39, 0.29) is 12.5 Å². The average molecular weight is 376 g/mol. The molecule has 3 rings (SSSR count). The van der Waals surface area contributed by atoms with E-state index < -0.39 is 5.97 Å². The summed E-state index contributed by atoms with van der Waals surface area (Å²) in [5.41, 5.74) is 4.91. The molecule has 0 aliphatic heterocycles. The first-order chi connectivity index (χ1) is 13.5. The van der Waals surface area contributed by atoms with E-state index in [0.29, 0.717) is 16.8 Å². The van der Waals surface area contributed by atoms with Crippen LogP contribution in [0, 0.1) is 13.8 Å². The number of hydrogen-bond donors (Lipinski definition) is 1. The SMILES string of the molecule is CCOC(=O)c1c(C)c(C(=O)Nc2ccccc2-c2ccccc2)c(C)n1C. The van der Waals surface area contributed by atoms with Crippen molar-refractivity contribution in [2.45, 2.75) is 20.8 Å². The van der Waals surface area contributed by atoms with Gasteiger partial charge in [-0.3, -0.25) is 4.79 Å². The van der Waals surface area contributed by atoms with Gasteiger partial charge in [-0.25, -0.2) is 4.79 Å². The van der Waals surface area contributed by atoms with Gasteiger partial charge < -0.3 is 14.6 Å². The van der Waals surface area contributed by atoms with Gasteiger partial charge in [-0.1, -0.05) is 48.5 Å². The van der Waals surface area contributed by atoms with Crippen molar-refractivity contribution >= 4 is 17.6 Å². The summed E-state index contributed by atoms with van der Waals surface area (Å²) in [5.74, 6) is -0.668. The number of hydrogen-bond acceptors (Lipinski definition) is 3. The van der Waals surface area contributed by atoms with Gasteiger partial charge in [0.15, 0.2) is 0 Å². The van der Waals surface area contributed by atoms with Crippen LogP contribution >= 0.6 is 0 Å². The van der Waals surface area contributed by atoms with Gasteiger partial charge in [-0.05, 0) is 38.0 Å². The fourth-order valence-corrected chi connectivity index (χ4v) is 3.45. The lowest BCUT2D eigenvalue weighted by molar-refractivity contribution is 0.0514. The number of nitrogens with zero attached hydrogens (tertiary/aromatic N) is 1. The van der Waals surface area contributed by atoms with Crippen molar-refractivity contribution in [1.82, 2.24) is 4.57 Å². The van der Waals surface area contributed by atoms with E-state index in [1.807, 2.05) is 61.5 Å². The Bertz CT molecular complexity index is 1020. The Labute approximate surface area is 165 Å². The van der Waals surface area contributed by atoms with Crippen molar-refractivity contribution in [1.29, 1.82) is 0 Å². The number of nitrogens with one attached hydrogen (secondary N) is 1. The summed E-state index contributed by atoms with van der Waals surface area (Å²) in [4.78, 5) is 25.4. The molecule has 0 bridgehead atoms. The summed E-state index contributed by atoms with van der Waals surface area (Å²) >= 11 is 0. The van der Waals surface area contributed by atoms with Crippen molar-refractivity contribution in [3.8, 4) is 11.1 Å². The Morgan fingerprint density at radius 3 is 2.32 bits per heavy atom. The van der Waals surface area contributed by atoms with Crippen LogP contribution in [0.25, 0.3) is 11.1 Å². The number of amides is 1. The standard InChI is InChI=1S/C23H24N2O3/c1-5-28-23(27)21-15(2)20(16(3)25(21)4)22(26)24-19-14-10-9-13-18(19)17-11-7-6-8-12-17/h6-14H,5H2,1-4H3,(H,24,26). The Hall–Kier alpha value is -3.34. The predicted molar refractivity (Wildman–Crippen MR) is 111 cm³/mol. The van der Waals surface area contributed by atoms with Crippen LogP contribution in [0.1, 0.15) is 39.0 Å². The van der Waals surface area contributed by atoms with Gasteiger partial charge in [0, 0.05) is 24.0 Å². The molecule has 28 heavy (non-hydrogen) atoms. The highest BCUT2D eigenvalue weighted by Crippen LogP contribution is 2.29. The van der Waals surface area contributed by atoms with E-state index >= 15 is 0 Å². The summed E-state index contributed by atoms with van der Waals surface area (Å²) in [7, 11) is 1.77. The second-order valence-corrected chi connectivity index (χ2v) is 6.58. The van der Waals surface area contributed by atoms with Crippen LogP contribution in [0.2, 0.25) is 0 Å². The molecule has 1 aromatic heterocycles. The molecule has 0 atom stereocenters. The zero-order valence-electron chi connectivity index (χ0n) is 16.6. The highest BCUT2D eigenvalue weighted by molar-refractivity contribution is 6.09. The molecule has 144 valence electrons. The van der Waals surface area contributed by atoms with Crippen molar-refractivity contribution < 1.29 is 14.3 Å². The second-order valence-electron chi connectivity index (χ2n) is 6.58. The lowest BCUT2D eigenvalue weighted by atomic mass is 10.0. The first-order valence-electron chi connectivity index (χ1n) is 9.24. The van der Waals surface area contributed by atoms with E-state index in [0.717, 1.165) is 22.5 Å². The third-order valence-electron chi connectivity index (χ3n) is 4.89. The first kappa shape index (κ1) is 19.4. The number of anilines is 1. The highest BCUT2D eigenvalue weighted by atomic mass is 16.5. The molecule has 1 N–H and O–H groups in total. The van der Waals surface area contributed by atoms with E-state index in [4.69, 9.17) is 4.74 Å². The fraction of sp³-hybridized carbons (Fsp3) is 0.217. The van der Waals surface area contributed by atoms with Gasteiger partial charge in [0.25, 0.3) is 5.91 Å². The summed E-state index contributed by atoms with van der Waals surface area (Å²) in [5, 5.41) is 3.01. The second kappa shape index (κ2) is 8.13. The number of esters is 1. The fourth-order valence-electron chi connectivity index (χ4n) is 3.45. The maximum atomic E-state index is 13.1. The summed E-state index contributed by atoms with van der Waals surface area (Å²) in [6.07, 6.45) is 0. The van der Waals surface area contributed by atoms with Crippen molar-refractivity contribution in [3.05, 3.63) is 77.1 Å². The molecule has 5 nitrogen and oxygen atoms in total. The molecule has 5 heteroatoms. The minimum Gasteiger partial charge on any atom is -0.461 e. The maximum Gasteiger partial charge on any atom is 0.355 e. The zero-order valence-corrected chi connectivity index (χ0v) is 16.6. The van der Waals surface area contributed by atoms with Crippen molar-refractivity contribution in [2.75, 3.05) is 11.9 Å². The Morgan fingerprint density at radius 2 is 1.64 bits per heavy atom. The molecule has 2 aromatic carbocycles. The minimum absolute atomic E-state index is 0.246. The monoisotopic (exact) mass is 376 g/mol. The highest BCUT2D eigenvalue weighted by Gasteiger charge is 2.26. The van der Waals surface area contributed by atoms with Crippen LogP contribution in [0.4, 0.5) is 5.69 Å². The number of aromatic nitrogens is 1. The van der Waals surface area contributed by atoms with Gasteiger partial charge >= 0.3 is 5.97 Å². The largest absolute Gasteiger partial charge is 0.461 e. The normalized spacial score (nSPS) is 10.6. The Morgan fingerprint density at radius 1 is 1.00 bits per heavy atom. The van der Waals surface area contributed by atoms with Crippen LogP contribution in [0.3, 0.4) is 0 Å². The third kappa shape index (κ3) is 3.56. The van der Waals surface area contributed by atoms with Gasteiger partial charge in [0.2, 0.25) is 0 Å². The Kier molecular flexibility index (Phi) is 5.64. The predicted octanol–water partition coefficient (Wildman–Crippen LogP) is 4.74. The van der Waals surface area contributed by atoms with E-state index in [2.05, 4.69) is 5.32 Å². The van der Waals surface area contributed by atoms with Gasteiger partial charge in [-0.15, -0.1) is 0 Å². The Balaban J connectivity index is 1.98. The molecule has 1 amide bonds. The number of ether oxygens (including phenoxy) is 1. The summed E-state index contributed by atoms with van der Waals surface area (Å²) in [6, 6.07) is 17.6. The minimum atomic E-state index is -0.422. The first-order valence-corrected chi connectivity index (χ1v) is 9.24. The molecule has 0 spiro atoms. The van der Waals surface area contributed by atoms with Gasteiger partial charge in [-0.2, -0.15) is 0 Å². The maximum absolute atomic E-state index is 13.1. The number of para-hydroxylation sites is 1. The van der Waals surface area contributed by atoms with Crippen molar-refractivity contribution in [3.63, 3.8) is 0 Å². The smallest absolute Gasteiger partial charge is 0.355 e. The van der Waals surface area contributed by atoms with E-state index in [1.165, 1.54) is 0 Å². The topological polar surface area (TPSA) is 60.3 Å².